The van der Waals surface area contributed by atoms with Crippen molar-refractivity contribution in [2.75, 3.05) is 0 Å². The molecule has 4 rings (SSSR count). The Balaban J connectivity index is 1.47. The zero-order chi connectivity index (χ0) is 22.4. The Labute approximate surface area is 196 Å². The third-order valence-electron chi connectivity index (χ3n) is 10.6. The van der Waals surface area contributed by atoms with Gasteiger partial charge in [0.05, 0.1) is 0 Å². The van der Waals surface area contributed by atoms with Crippen LogP contribution in [0.1, 0.15) is 105 Å². The average Bonchev–Trinajstić information content (AvgIpc) is 3.05. The van der Waals surface area contributed by atoms with E-state index in [1.54, 1.807) is 17.3 Å². The van der Waals surface area contributed by atoms with Gasteiger partial charge in [-0.05, 0) is 97.7 Å². The normalized spacial score (nSPS) is 43.0. The molecule has 3 fully saturated rings. The van der Waals surface area contributed by atoms with E-state index in [-0.39, 0.29) is 0 Å². The number of hydrogen-bond donors (Lipinski definition) is 2. The summed E-state index contributed by atoms with van der Waals surface area (Å²) in [7, 11) is 0. The van der Waals surface area contributed by atoms with Crippen LogP contribution in [0, 0.1) is 51.7 Å². The highest BCUT2D eigenvalue weighted by atomic mass is 32.2. The molecule has 0 aliphatic heterocycles. The van der Waals surface area contributed by atoms with E-state index in [1.807, 2.05) is 0 Å². The number of amidine groups is 1. The van der Waals surface area contributed by atoms with E-state index in [0.717, 1.165) is 35.5 Å². The summed E-state index contributed by atoms with van der Waals surface area (Å²) in [5, 5.41) is 8.53. The Morgan fingerprint density at radius 1 is 1.10 bits per heavy atom. The van der Waals surface area contributed by atoms with E-state index in [1.165, 1.54) is 70.6 Å². The van der Waals surface area contributed by atoms with Crippen LogP contribution in [0.15, 0.2) is 11.6 Å². The van der Waals surface area contributed by atoms with Gasteiger partial charge in [-0.15, -0.1) is 0 Å². The largest absolute Gasteiger partial charge is 0.379 e. The third-order valence-corrected chi connectivity index (χ3v) is 11.5. The van der Waals surface area contributed by atoms with E-state index >= 15 is 0 Å². The van der Waals surface area contributed by atoms with E-state index in [4.69, 9.17) is 11.1 Å². The minimum Gasteiger partial charge on any atom is -0.379 e. The Hall–Kier alpha value is -0.440. The van der Waals surface area contributed by atoms with Gasteiger partial charge in [-0.1, -0.05) is 77.3 Å². The van der Waals surface area contributed by atoms with Gasteiger partial charge in [0.15, 0.2) is 5.17 Å². The fourth-order valence-corrected chi connectivity index (χ4v) is 9.79. The summed E-state index contributed by atoms with van der Waals surface area (Å²) in [6.45, 7) is 12.6. The monoisotopic (exact) mass is 444 g/mol. The topological polar surface area (TPSA) is 49.9 Å². The molecule has 0 saturated heterocycles. The molecule has 0 aromatic heterocycles. The summed E-state index contributed by atoms with van der Waals surface area (Å²) in [6.07, 6.45) is 17.8. The molecule has 8 atom stereocenters. The number of hydrogen-bond acceptors (Lipinski definition) is 2. The quantitative estimate of drug-likeness (QED) is 0.247. The molecular formula is C28H48N2S. The molecule has 0 spiro atoms. The van der Waals surface area contributed by atoms with Crippen LogP contribution in [0.4, 0.5) is 0 Å². The fraction of sp³-hybridized carbons (Fsp3) is 0.893. The predicted octanol–water partition coefficient (Wildman–Crippen LogP) is 8.02. The molecule has 176 valence electrons. The van der Waals surface area contributed by atoms with Gasteiger partial charge in [-0.3, -0.25) is 5.41 Å². The smallest absolute Gasteiger partial charge is 0.151 e. The van der Waals surface area contributed by atoms with Crippen LogP contribution >= 0.6 is 11.8 Å². The SMILES string of the molecule is CC(C)CCC[C@H](C)[C@H]1CC[C@H]2[C@@H]3CC=C4C[C@@H](SC(=N)N)CC[C@]4(C)[C@H]3CC[C@]12C. The van der Waals surface area contributed by atoms with Gasteiger partial charge >= 0.3 is 0 Å². The summed E-state index contributed by atoms with van der Waals surface area (Å²) in [5.41, 5.74) is 8.43. The maximum atomic E-state index is 7.70. The number of thioether (sulfide) groups is 1. The maximum absolute atomic E-state index is 7.70. The highest BCUT2D eigenvalue weighted by Gasteiger charge is 2.59. The van der Waals surface area contributed by atoms with Gasteiger partial charge in [0.1, 0.15) is 0 Å². The maximum Gasteiger partial charge on any atom is 0.151 e. The lowest BCUT2D eigenvalue weighted by molar-refractivity contribution is -0.0497. The number of fused-ring (bicyclic) bond motifs is 5. The second-order valence-electron chi connectivity index (χ2n) is 12.6. The lowest BCUT2D eigenvalue weighted by Crippen LogP contribution is -2.50. The van der Waals surface area contributed by atoms with Crippen LogP contribution in [0.3, 0.4) is 0 Å². The average molecular weight is 445 g/mol. The van der Waals surface area contributed by atoms with Crippen molar-refractivity contribution in [2.24, 2.45) is 52.1 Å². The van der Waals surface area contributed by atoms with Crippen LogP contribution < -0.4 is 5.73 Å². The van der Waals surface area contributed by atoms with Gasteiger partial charge in [0.25, 0.3) is 0 Å². The summed E-state index contributed by atoms with van der Waals surface area (Å²) in [4.78, 5) is 0. The summed E-state index contributed by atoms with van der Waals surface area (Å²) < 4.78 is 0. The Kier molecular flexibility index (Phi) is 6.94. The van der Waals surface area contributed by atoms with Crippen LogP contribution in [-0.4, -0.2) is 10.4 Å². The molecule has 3 heteroatoms. The number of rotatable bonds is 6. The summed E-state index contributed by atoms with van der Waals surface area (Å²) >= 11 is 1.61. The second kappa shape index (κ2) is 9.07. The van der Waals surface area contributed by atoms with Crippen molar-refractivity contribution in [3.8, 4) is 0 Å². The summed E-state index contributed by atoms with van der Waals surface area (Å²) in [6, 6.07) is 0. The minimum atomic E-state index is 0.302. The molecule has 0 heterocycles. The molecule has 0 aromatic rings. The second-order valence-corrected chi connectivity index (χ2v) is 14.0. The number of allylic oxidation sites excluding steroid dienone is 2. The molecule has 3 saturated carbocycles. The van der Waals surface area contributed by atoms with Gasteiger partial charge in [-0.2, -0.15) is 0 Å². The highest BCUT2D eigenvalue weighted by molar-refractivity contribution is 8.14. The first-order valence-electron chi connectivity index (χ1n) is 13.4. The first kappa shape index (κ1) is 23.7. The third kappa shape index (κ3) is 4.38. The van der Waals surface area contributed by atoms with Crippen LogP contribution in [0.2, 0.25) is 0 Å². The lowest BCUT2D eigenvalue weighted by Gasteiger charge is -2.58. The molecule has 0 radical (unpaired) electrons. The van der Waals surface area contributed by atoms with Crippen molar-refractivity contribution in [1.29, 1.82) is 5.41 Å². The van der Waals surface area contributed by atoms with Crippen LogP contribution in [0.25, 0.3) is 0 Å². The summed E-state index contributed by atoms with van der Waals surface area (Å²) in [5.74, 6) is 5.45. The van der Waals surface area contributed by atoms with E-state index in [2.05, 4.69) is 40.7 Å². The molecular weight excluding hydrogens is 396 g/mol. The first-order valence-corrected chi connectivity index (χ1v) is 14.2. The van der Waals surface area contributed by atoms with Crippen molar-refractivity contribution in [3.05, 3.63) is 11.6 Å². The Morgan fingerprint density at radius 2 is 1.87 bits per heavy atom. The predicted molar refractivity (Wildman–Crippen MR) is 136 cm³/mol. The Bertz CT molecular complexity index is 699. The highest BCUT2D eigenvalue weighted by Crippen LogP contribution is 2.67. The molecule has 4 aliphatic rings. The lowest BCUT2D eigenvalue weighted by atomic mass is 9.47. The zero-order valence-corrected chi connectivity index (χ0v) is 21.7. The minimum absolute atomic E-state index is 0.302. The van der Waals surface area contributed by atoms with Gasteiger partial charge in [0, 0.05) is 5.25 Å². The number of nitrogens with one attached hydrogen (secondary N) is 1. The van der Waals surface area contributed by atoms with Crippen molar-refractivity contribution < 1.29 is 0 Å². The molecule has 0 amide bonds. The van der Waals surface area contributed by atoms with E-state index in [9.17, 15) is 0 Å². The number of nitrogens with two attached hydrogens (primary N) is 1. The molecule has 31 heavy (non-hydrogen) atoms. The molecule has 2 nitrogen and oxygen atoms in total. The fourth-order valence-electron chi connectivity index (χ4n) is 8.93. The van der Waals surface area contributed by atoms with Crippen LogP contribution in [-0.2, 0) is 0 Å². The van der Waals surface area contributed by atoms with Crippen molar-refractivity contribution in [2.45, 2.75) is 110 Å². The molecule has 4 aliphatic carbocycles. The standard InChI is InChI=1S/C28H48N2S/c1-18(2)7-6-8-19(3)23-11-12-24-22-10-9-20-17-21(31-26(29)30)13-15-27(20,4)25(22)14-16-28(23,24)5/h9,18-19,21-25H,6-8,10-17H2,1-5H3,(H3,29,30)/t19-,21-,22-,23+,24-,25-,27-,28+/m0/s1. The van der Waals surface area contributed by atoms with E-state index in [0.29, 0.717) is 21.2 Å². The molecule has 0 unspecified atom stereocenters. The van der Waals surface area contributed by atoms with Gasteiger partial charge in [-0.25, -0.2) is 0 Å². The van der Waals surface area contributed by atoms with Gasteiger partial charge in [0.2, 0.25) is 0 Å². The molecule has 3 N–H and O–H groups in total. The van der Waals surface area contributed by atoms with Crippen molar-refractivity contribution >= 4 is 16.9 Å². The van der Waals surface area contributed by atoms with Gasteiger partial charge < -0.3 is 5.73 Å². The van der Waals surface area contributed by atoms with Crippen molar-refractivity contribution in [3.63, 3.8) is 0 Å². The molecule has 0 bridgehead atoms. The first-order chi connectivity index (χ1) is 14.6. The Morgan fingerprint density at radius 3 is 2.58 bits per heavy atom. The molecule has 0 aromatic carbocycles. The van der Waals surface area contributed by atoms with Crippen LogP contribution in [0.5, 0.6) is 0 Å². The van der Waals surface area contributed by atoms with Crippen molar-refractivity contribution in [1.82, 2.24) is 0 Å². The van der Waals surface area contributed by atoms with E-state index < -0.39 is 0 Å². The zero-order valence-electron chi connectivity index (χ0n) is 20.9.